The number of carbonyl (C=O) groups is 2. The lowest BCUT2D eigenvalue weighted by Gasteiger charge is -2.29. The first-order chi connectivity index (χ1) is 14.9. The van der Waals surface area contributed by atoms with E-state index in [0.29, 0.717) is 24.6 Å². The Hall–Kier alpha value is -3.48. The maximum absolute atomic E-state index is 13.2. The Morgan fingerprint density at radius 2 is 1.65 bits per heavy atom. The molecule has 0 spiro atoms. The van der Waals surface area contributed by atoms with E-state index in [-0.39, 0.29) is 18.2 Å². The SMILES string of the molecule is C=CCNC(=O)[C@@H](C)N(Cc1ccc(OC)cc1)C(=O)Cc1ccc(OC)c(OC)c1. The first kappa shape index (κ1) is 23.8. The third-order valence-corrected chi connectivity index (χ3v) is 4.90. The lowest BCUT2D eigenvalue weighted by atomic mass is 10.1. The van der Waals surface area contributed by atoms with Crippen molar-refractivity contribution < 1.29 is 23.8 Å². The molecule has 2 aromatic carbocycles. The topological polar surface area (TPSA) is 77.1 Å². The van der Waals surface area contributed by atoms with Crippen molar-refractivity contribution in [2.75, 3.05) is 27.9 Å². The molecule has 0 unspecified atom stereocenters. The van der Waals surface area contributed by atoms with Crippen molar-refractivity contribution in [2.24, 2.45) is 0 Å². The maximum Gasteiger partial charge on any atom is 0.242 e. The zero-order chi connectivity index (χ0) is 22.8. The van der Waals surface area contributed by atoms with E-state index in [9.17, 15) is 9.59 Å². The molecule has 1 N–H and O–H groups in total. The van der Waals surface area contributed by atoms with Crippen molar-refractivity contribution in [3.63, 3.8) is 0 Å². The molecule has 0 radical (unpaired) electrons. The zero-order valence-corrected chi connectivity index (χ0v) is 18.5. The fourth-order valence-electron chi connectivity index (χ4n) is 3.10. The summed E-state index contributed by atoms with van der Waals surface area (Å²) in [6.07, 6.45) is 1.72. The monoisotopic (exact) mass is 426 g/mol. The highest BCUT2D eigenvalue weighted by Crippen LogP contribution is 2.28. The summed E-state index contributed by atoms with van der Waals surface area (Å²) in [5.41, 5.74) is 1.66. The predicted molar refractivity (Wildman–Crippen MR) is 119 cm³/mol. The molecule has 166 valence electrons. The second-order valence-corrected chi connectivity index (χ2v) is 6.95. The average molecular weight is 427 g/mol. The minimum absolute atomic E-state index is 0.121. The fourth-order valence-corrected chi connectivity index (χ4v) is 3.10. The van der Waals surface area contributed by atoms with E-state index in [1.807, 2.05) is 30.3 Å². The Morgan fingerprint density at radius 1 is 1.00 bits per heavy atom. The van der Waals surface area contributed by atoms with Crippen molar-refractivity contribution in [1.82, 2.24) is 10.2 Å². The Morgan fingerprint density at radius 3 is 2.23 bits per heavy atom. The molecule has 1 atom stereocenters. The molecule has 31 heavy (non-hydrogen) atoms. The minimum atomic E-state index is -0.658. The maximum atomic E-state index is 13.2. The van der Waals surface area contributed by atoms with Gasteiger partial charge in [-0.2, -0.15) is 0 Å². The van der Waals surface area contributed by atoms with Gasteiger partial charge in [0.2, 0.25) is 11.8 Å². The number of hydrogen-bond acceptors (Lipinski definition) is 5. The summed E-state index contributed by atoms with van der Waals surface area (Å²) in [6, 6.07) is 12.1. The number of benzene rings is 2. The summed E-state index contributed by atoms with van der Waals surface area (Å²) < 4.78 is 15.8. The molecule has 0 saturated heterocycles. The lowest BCUT2D eigenvalue weighted by molar-refractivity contribution is -0.140. The van der Waals surface area contributed by atoms with Crippen LogP contribution in [0.25, 0.3) is 0 Å². The lowest BCUT2D eigenvalue weighted by Crippen LogP contribution is -2.48. The summed E-state index contributed by atoms with van der Waals surface area (Å²) in [7, 11) is 4.70. The van der Waals surface area contributed by atoms with Crippen LogP contribution in [0.4, 0.5) is 0 Å². The fraction of sp³-hybridized carbons (Fsp3) is 0.333. The second-order valence-electron chi connectivity index (χ2n) is 6.95. The molecule has 7 nitrogen and oxygen atoms in total. The van der Waals surface area contributed by atoms with E-state index in [0.717, 1.165) is 16.9 Å². The summed E-state index contributed by atoms with van der Waals surface area (Å²) in [6.45, 7) is 5.96. The van der Waals surface area contributed by atoms with Crippen LogP contribution in [0.5, 0.6) is 17.2 Å². The minimum Gasteiger partial charge on any atom is -0.497 e. The second kappa shape index (κ2) is 11.6. The largest absolute Gasteiger partial charge is 0.497 e. The highest BCUT2D eigenvalue weighted by molar-refractivity contribution is 5.88. The predicted octanol–water partition coefficient (Wildman–Crippen LogP) is 2.97. The van der Waals surface area contributed by atoms with Crippen LogP contribution >= 0.6 is 0 Å². The van der Waals surface area contributed by atoms with Gasteiger partial charge < -0.3 is 24.4 Å². The van der Waals surface area contributed by atoms with Gasteiger partial charge in [0.05, 0.1) is 27.8 Å². The van der Waals surface area contributed by atoms with Crippen LogP contribution in [0, 0.1) is 0 Å². The van der Waals surface area contributed by atoms with Gasteiger partial charge >= 0.3 is 0 Å². The van der Waals surface area contributed by atoms with Crippen molar-refractivity contribution in [1.29, 1.82) is 0 Å². The van der Waals surface area contributed by atoms with Gasteiger partial charge in [-0.15, -0.1) is 6.58 Å². The summed E-state index contributed by atoms with van der Waals surface area (Å²) in [5, 5.41) is 2.76. The zero-order valence-electron chi connectivity index (χ0n) is 18.5. The molecule has 0 aliphatic rings. The van der Waals surface area contributed by atoms with Crippen molar-refractivity contribution in [3.05, 3.63) is 66.2 Å². The Bertz CT molecular complexity index is 895. The molecule has 0 saturated carbocycles. The molecule has 7 heteroatoms. The van der Waals surface area contributed by atoms with Crippen LogP contribution in [-0.2, 0) is 22.6 Å². The highest BCUT2D eigenvalue weighted by atomic mass is 16.5. The number of methoxy groups -OCH3 is 3. The average Bonchev–Trinajstić information content (AvgIpc) is 2.80. The highest BCUT2D eigenvalue weighted by Gasteiger charge is 2.26. The molecular formula is C24H30N2O5. The van der Waals surface area contributed by atoms with Gasteiger partial charge in [0, 0.05) is 13.1 Å². The van der Waals surface area contributed by atoms with Gasteiger partial charge in [-0.05, 0) is 42.3 Å². The Kier molecular flexibility index (Phi) is 8.94. The quantitative estimate of drug-likeness (QED) is 0.559. The number of hydrogen-bond donors (Lipinski definition) is 1. The molecule has 0 fully saturated rings. The first-order valence-electron chi connectivity index (χ1n) is 9.95. The van der Waals surface area contributed by atoms with Gasteiger partial charge in [0.25, 0.3) is 0 Å². The van der Waals surface area contributed by atoms with Gasteiger partial charge in [-0.25, -0.2) is 0 Å². The normalized spacial score (nSPS) is 11.2. The number of rotatable bonds is 11. The van der Waals surface area contributed by atoms with E-state index in [1.54, 1.807) is 51.4 Å². The molecule has 0 heterocycles. The molecule has 0 aliphatic heterocycles. The molecule has 2 aromatic rings. The first-order valence-corrected chi connectivity index (χ1v) is 9.95. The van der Waals surface area contributed by atoms with E-state index >= 15 is 0 Å². The number of amides is 2. The van der Waals surface area contributed by atoms with E-state index in [2.05, 4.69) is 11.9 Å². The number of carbonyl (C=O) groups excluding carboxylic acids is 2. The molecule has 0 aliphatic carbocycles. The smallest absolute Gasteiger partial charge is 0.242 e. The van der Waals surface area contributed by atoms with Crippen LogP contribution < -0.4 is 19.5 Å². The third-order valence-electron chi connectivity index (χ3n) is 4.90. The Labute approximate surface area is 183 Å². The summed E-state index contributed by atoms with van der Waals surface area (Å²) >= 11 is 0. The van der Waals surface area contributed by atoms with E-state index in [4.69, 9.17) is 14.2 Å². The molecule has 0 aromatic heterocycles. The van der Waals surface area contributed by atoms with Crippen molar-refractivity contribution in [3.8, 4) is 17.2 Å². The van der Waals surface area contributed by atoms with Gasteiger partial charge in [-0.3, -0.25) is 9.59 Å². The number of nitrogens with one attached hydrogen (secondary N) is 1. The molecule has 2 amide bonds. The van der Waals surface area contributed by atoms with E-state index in [1.165, 1.54) is 0 Å². The van der Waals surface area contributed by atoms with Gasteiger partial charge in [0.15, 0.2) is 11.5 Å². The Balaban J connectivity index is 2.25. The van der Waals surface area contributed by atoms with Crippen LogP contribution in [-0.4, -0.2) is 50.6 Å². The van der Waals surface area contributed by atoms with Crippen LogP contribution in [0.15, 0.2) is 55.1 Å². The molecular weight excluding hydrogens is 396 g/mol. The number of nitrogens with zero attached hydrogens (tertiary/aromatic N) is 1. The molecule has 0 bridgehead atoms. The van der Waals surface area contributed by atoms with Crippen molar-refractivity contribution >= 4 is 11.8 Å². The standard InChI is InChI=1S/C24H30N2O5/c1-6-13-25-24(28)17(2)26(16-18-7-10-20(29-3)11-8-18)23(27)15-19-9-12-21(30-4)22(14-19)31-5/h6-12,14,17H,1,13,15-16H2,2-5H3,(H,25,28)/t17-/m1/s1. The van der Waals surface area contributed by atoms with E-state index < -0.39 is 6.04 Å². The summed E-state index contributed by atoms with van der Waals surface area (Å²) in [4.78, 5) is 27.4. The third kappa shape index (κ3) is 6.50. The van der Waals surface area contributed by atoms with Crippen molar-refractivity contribution in [2.45, 2.75) is 25.9 Å². The van der Waals surface area contributed by atoms with Crippen LogP contribution in [0.2, 0.25) is 0 Å². The van der Waals surface area contributed by atoms with Gasteiger partial charge in [-0.1, -0.05) is 24.3 Å². The molecule has 2 rings (SSSR count). The number of ether oxygens (including phenoxy) is 3. The summed E-state index contributed by atoms with van der Waals surface area (Å²) in [5.74, 6) is 1.44. The van der Waals surface area contributed by atoms with Gasteiger partial charge in [0.1, 0.15) is 11.8 Å². The van der Waals surface area contributed by atoms with Crippen LogP contribution in [0.3, 0.4) is 0 Å². The van der Waals surface area contributed by atoms with Crippen LogP contribution in [0.1, 0.15) is 18.1 Å².